The highest BCUT2D eigenvalue weighted by molar-refractivity contribution is 5.92. The van der Waals surface area contributed by atoms with Crippen molar-refractivity contribution in [3.63, 3.8) is 0 Å². The van der Waals surface area contributed by atoms with Crippen molar-refractivity contribution in [1.29, 1.82) is 0 Å². The van der Waals surface area contributed by atoms with Crippen LogP contribution in [0.1, 0.15) is 15.9 Å². The second-order valence-electron chi connectivity index (χ2n) is 2.70. The number of carbonyl (C=O) groups is 1. The van der Waals surface area contributed by atoms with Gasteiger partial charge in [0.05, 0.1) is 5.56 Å². The van der Waals surface area contributed by atoms with Crippen LogP contribution in [-0.2, 0) is 0 Å². The molecule has 1 aromatic rings. The third-order valence-corrected chi connectivity index (χ3v) is 1.82. The average Bonchev–Trinajstić information content (AvgIpc) is 2.11. The number of nitrogen functional groups attached to an aromatic ring is 1. The molecule has 6 nitrogen and oxygen atoms in total. The lowest BCUT2D eigenvalue weighted by Gasteiger charge is -2.05. The van der Waals surface area contributed by atoms with Gasteiger partial charge in [0.2, 0.25) is 0 Å². The summed E-state index contributed by atoms with van der Waals surface area (Å²) in [6.07, 6.45) is 0. The van der Waals surface area contributed by atoms with Crippen molar-refractivity contribution in [1.82, 2.24) is 0 Å². The van der Waals surface area contributed by atoms with E-state index in [1.165, 1.54) is 12.1 Å². The molecule has 0 aromatic heterocycles. The van der Waals surface area contributed by atoms with Gasteiger partial charge >= 0.3 is 5.97 Å². The summed E-state index contributed by atoms with van der Waals surface area (Å²) in [5, 5.41) is 12.1. The number of hydrogen-bond donors (Lipinski definition) is 2. The minimum atomic E-state index is -1.09. The SMILES string of the molecule is Cc1c(N)cc(N=[N+]=[N-])cc1C(=O)O. The number of aromatic carboxylic acids is 1. The maximum Gasteiger partial charge on any atom is 0.336 e. The Morgan fingerprint density at radius 3 is 2.79 bits per heavy atom. The molecule has 0 saturated heterocycles. The molecule has 0 fully saturated rings. The van der Waals surface area contributed by atoms with Crippen molar-refractivity contribution < 1.29 is 9.90 Å². The van der Waals surface area contributed by atoms with E-state index in [1.807, 2.05) is 0 Å². The number of nitrogens with two attached hydrogens (primary N) is 1. The monoisotopic (exact) mass is 192 g/mol. The molecule has 14 heavy (non-hydrogen) atoms. The molecule has 0 radical (unpaired) electrons. The Hall–Kier alpha value is -2.20. The maximum absolute atomic E-state index is 10.7. The number of carboxylic acids is 1. The second-order valence-corrected chi connectivity index (χ2v) is 2.70. The van der Waals surface area contributed by atoms with E-state index in [-0.39, 0.29) is 11.3 Å². The molecule has 0 atom stereocenters. The van der Waals surface area contributed by atoms with Crippen LogP contribution in [0.4, 0.5) is 11.4 Å². The Balaban J connectivity index is 3.42. The van der Waals surface area contributed by atoms with Gasteiger partial charge in [0, 0.05) is 16.3 Å². The van der Waals surface area contributed by atoms with Crippen molar-refractivity contribution in [2.75, 3.05) is 5.73 Å². The summed E-state index contributed by atoms with van der Waals surface area (Å²) in [6, 6.07) is 2.72. The molecule has 72 valence electrons. The standard InChI is InChI=1S/C8H8N4O2/c1-4-6(8(13)14)2-5(11-12-10)3-7(4)9/h2-3H,9H2,1H3,(H,13,14). The lowest BCUT2D eigenvalue weighted by atomic mass is 10.1. The zero-order valence-corrected chi connectivity index (χ0v) is 7.43. The van der Waals surface area contributed by atoms with Crippen LogP contribution in [0, 0.1) is 6.92 Å². The first-order valence-electron chi connectivity index (χ1n) is 3.74. The molecule has 0 bridgehead atoms. The van der Waals surface area contributed by atoms with E-state index in [1.54, 1.807) is 6.92 Å². The smallest absolute Gasteiger partial charge is 0.336 e. The fourth-order valence-electron chi connectivity index (χ4n) is 1.05. The van der Waals surface area contributed by atoms with Crippen LogP contribution in [0.5, 0.6) is 0 Å². The van der Waals surface area contributed by atoms with Crippen molar-refractivity contribution in [2.24, 2.45) is 5.11 Å². The predicted octanol–water partition coefficient (Wildman–Crippen LogP) is 2.22. The Kier molecular flexibility index (Phi) is 2.59. The number of anilines is 1. The van der Waals surface area contributed by atoms with Gasteiger partial charge < -0.3 is 10.8 Å². The van der Waals surface area contributed by atoms with Crippen LogP contribution < -0.4 is 5.73 Å². The molecule has 0 aliphatic carbocycles. The van der Waals surface area contributed by atoms with Crippen LogP contribution in [0.2, 0.25) is 0 Å². The van der Waals surface area contributed by atoms with E-state index < -0.39 is 5.97 Å². The molecule has 6 heteroatoms. The van der Waals surface area contributed by atoms with Crippen LogP contribution in [0.3, 0.4) is 0 Å². The minimum absolute atomic E-state index is 0.0485. The van der Waals surface area contributed by atoms with Crippen LogP contribution in [-0.4, -0.2) is 11.1 Å². The molecular weight excluding hydrogens is 184 g/mol. The highest BCUT2D eigenvalue weighted by atomic mass is 16.4. The Labute approximate surface area is 79.6 Å². The number of hydrogen-bond acceptors (Lipinski definition) is 3. The quantitative estimate of drug-likeness (QED) is 0.324. The van der Waals surface area contributed by atoms with Crippen LogP contribution in [0.15, 0.2) is 17.2 Å². The van der Waals surface area contributed by atoms with E-state index in [9.17, 15) is 4.79 Å². The highest BCUT2D eigenvalue weighted by Gasteiger charge is 2.10. The normalized spacial score (nSPS) is 9.21. The third-order valence-electron chi connectivity index (χ3n) is 1.82. The number of nitrogens with zero attached hydrogens (tertiary/aromatic N) is 3. The molecule has 0 aliphatic rings. The zero-order chi connectivity index (χ0) is 10.7. The molecule has 0 unspecified atom stereocenters. The first-order valence-corrected chi connectivity index (χ1v) is 3.74. The molecule has 0 spiro atoms. The first-order chi connectivity index (χ1) is 6.56. The number of rotatable bonds is 2. The predicted molar refractivity (Wildman–Crippen MR) is 51.4 cm³/mol. The van der Waals surface area contributed by atoms with Gasteiger partial charge in [-0.2, -0.15) is 0 Å². The largest absolute Gasteiger partial charge is 0.478 e. The fraction of sp³-hybridized carbons (Fsp3) is 0.125. The summed E-state index contributed by atoms with van der Waals surface area (Å²) in [7, 11) is 0. The third kappa shape index (κ3) is 1.75. The number of benzene rings is 1. The lowest BCUT2D eigenvalue weighted by Crippen LogP contribution is -2.02. The Bertz CT molecular complexity index is 435. The zero-order valence-electron chi connectivity index (χ0n) is 7.43. The van der Waals surface area contributed by atoms with Crippen molar-refractivity contribution in [3.8, 4) is 0 Å². The van der Waals surface area contributed by atoms with E-state index >= 15 is 0 Å². The average molecular weight is 192 g/mol. The van der Waals surface area contributed by atoms with Gasteiger partial charge in [0.1, 0.15) is 0 Å². The minimum Gasteiger partial charge on any atom is -0.478 e. The molecule has 1 rings (SSSR count). The van der Waals surface area contributed by atoms with Gasteiger partial charge in [-0.3, -0.25) is 0 Å². The lowest BCUT2D eigenvalue weighted by molar-refractivity contribution is 0.0696. The molecule has 3 N–H and O–H groups in total. The second kappa shape index (κ2) is 3.68. The van der Waals surface area contributed by atoms with Gasteiger partial charge in [-0.25, -0.2) is 4.79 Å². The van der Waals surface area contributed by atoms with Crippen molar-refractivity contribution in [2.45, 2.75) is 6.92 Å². The molecule has 0 amide bonds. The Morgan fingerprint density at radius 2 is 2.29 bits per heavy atom. The fourth-order valence-corrected chi connectivity index (χ4v) is 1.05. The summed E-state index contributed by atoms with van der Waals surface area (Å²) < 4.78 is 0. The molecule has 0 heterocycles. The first kappa shape index (κ1) is 9.88. The Morgan fingerprint density at radius 1 is 1.64 bits per heavy atom. The summed E-state index contributed by atoms with van der Waals surface area (Å²) >= 11 is 0. The highest BCUT2D eigenvalue weighted by Crippen LogP contribution is 2.24. The summed E-state index contributed by atoms with van der Waals surface area (Å²) in [6.45, 7) is 1.60. The van der Waals surface area contributed by atoms with E-state index in [0.717, 1.165) is 0 Å². The molecule has 0 saturated carbocycles. The summed E-state index contributed by atoms with van der Waals surface area (Å²) in [5.74, 6) is -1.09. The molecule has 1 aromatic carbocycles. The van der Waals surface area contributed by atoms with Crippen molar-refractivity contribution in [3.05, 3.63) is 33.7 Å². The van der Waals surface area contributed by atoms with Crippen molar-refractivity contribution >= 4 is 17.3 Å². The van der Waals surface area contributed by atoms with Gasteiger partial charge in [-0.15, -0.1) is 0 Å². The molecular formula is C8H8N4O2. The van der Waals surface area contributed by atoms with Gasteiger partial charge in [0.25, 0.3) is 0 Å². The topological polar surface area (TPSA) is 112 Å². The van der Waals surface area contributed by atoms with Crippen LogP contribution in [0.25, 0.3) is 10.4 Å². The van der Waals surface area contributed by atoms with E-state index in [4.69, 9.17) is 16.4 Å². The number of carboxylic acid groups (broad SMARTS) is 1. The van der Waals surface area contributed by atoms with Crippen LogP contribution >= 0.6 is 0 Å². The van der Waals surface area contributed by atoms with Gasteiger partial charge in [-0.1, -0.05) is 5.11 Å². The van der Waals surface area contributed by atoms with E-state index in [2.05, 4.69) is 10.0 Å². The molecule has 0 aliphatic heterocycles. The summed E-state index contributed by atoms with van der Waals surface area (Å²) in [4.78, 5) is 13.3. The van der Waals surface area contributed by atoms with E-state index in [0.29, 0.717) is 11.3 Å². The van der Waals surface area contributed by atoms with Gasteiger partial charge in [-0.05, 0) is 30.2 Å². The summed E-state index contributed by atoms with van der Waals surface area (Å²) in [5.41, 5.74) is 14.7. The van der Waals surface area contributed by atoms with Gasteiger partial charge in [0.15, 0.2) is 0 Å². The number of azide groups is 1. The maximum atomic E-state index is 10.7.